The lowest BCUT2D eigenvalue weighted by Crippen LogP contribution is -2.36. The molecule has 138 valence electrons. The highest BCUT2D eigenvalue weighted by molar-refractivity contribution is 5.94. The lowest BCUT2D eigenvalue weighted by Gasteiger charge is -2.28. The smallest absolute Gasteiger partial charge is 0.254 e. The molecule has 0 N–H and O–H groups in total. The van der Waals surface area contributed by atoms with Crippen LogP contribution in [-0.4, -0.2) is 45.1 Å². The number of rotatable bonds is 4. The van der Waals surface area contributed by atoms with Crippen LogP contribution in [0, 0.1) is 0 Å². The lowest BCUT2D eigenvalue weighted by molar-refractivity contribution is 0.0730. The molecule has 1 aromatic heterocycles. The molecule has 0 radical (unpaired) electrons. The number of benzene rings is 1. The Kier molecular flexibility index (Phi) is 4.81. The molecule has 26 heavy (non-hydrogen) atoms. The van der Waals surface area contributed by atoms with Crippen LogP contribution in [0.25, 0.3) is 0 Å². The van der Waals surface area contributed by atoms with E-state index in [0.29, 0.717) is 6.54 Å². The van der Waals surface area contributed by atoms with Crippen LogP contribution < -0.4 is 0 Å². The quantitative estimate of drug-likeness (QED) is 0.850. The third-order valence-electron chi connectivity index (χ3n) is 5.80. The number of aromatic nitrogens is 2. The molecule has 0 spiro atoms. The third kappa shape index (κ3) is 3.28. The summed E-state index contributed by atoms with van der Waals surface area (Å²) in [5.74, 6) is 0.126. The van der Waals surface area contributed by atoms with Gasteiger partial charge in [0, 0.05) is 31.3 Å². The van der Waals surface area contributed by atoms with Crippen molar-refractivity contribution in [3.8, 4) is 0 Å². The van der Waals surface area contributed by atoms with Crippen molar-refractivity contribution in [1.82, 2.24) is 19.6 Å². The molecule has 0 aliphatic carbocycles. The summed E-state index contributed by atoms with van der Waals surface area (Å²) >= 11 is 0. The van der Waals surface area contributed by atoms with E-state index in [0.717, 1.165) is 31.5 Å². The SMILES string of the molecule is CCc1ccc(C(=O)N2CCc3c(CN4CCCC4)nn(C)c3C2)cc1. The zero-order valence-corrected chi connectivity index (χ0v) is 15.9. The minimum absolute atomic E-state index is 0.126. The van der Waals surface area contributed by atoms with E-state index >= 15 is 0 Å². The molecule has 2 aliphatic rings. The number of nitrogens with zero attached hydrogens (tertiary/aromatic N) is 4. The molecule has 0 bridgehead atoms. The average Bonchev–Trinajstić information content (AvgIpc) is 3.30. The zero-order chi connectivity index (χ0) is 18.1. The molecule has 0 unspecified atom stereocenters. The van der Waals surface area contributed by atoms with Crippen molar-refractivity contribution in [2.45, 2.75) is 45.7 Å². The Bertz CT molecular complexity index is 787. The number of hydrogen-bond donors (Lipinski definition) is 0. The van der Waals surface area contributed by atoms with Crippen LogP contribution in [0.1, 0.15) is 52.6 Å². The molecule has 0 atom stereocenters. The molecule has 0 saturated carbocycles. The first-order valence-electron chi connectivity index (χ1n) is 9.80. The van der Waals surface area contributed by atoms with Crippen LogP contribution in [0.5, 0.6) is 0 Å². The first kappa shape index (κ1) is 17.3. The summed E-state index contributed by atoms with van der Waals surface area (Å²) in [4.78, 5) is 17.4. The number of hydrogen-bond acceptors (Lipinski definition) is 3. The van der Waals surface area contributed by atoms with Crippen LogP contribution in [0.3, 0.4) is 0 Å². The second kappa shape index (κ2) is 7.23. The van der Waals surface area contributed by atoms with E-state index < -0.39 is 0 Å². The summed E-state index contributed by atoms with van der Waals surface area (Å²) in [6.07, 6.45) is 4.50. The highest BCUT2D eigenvalue weighted by atomic mass is 16.2. The third-order valence-corrected chi connectivity index (χ3v) is 5.80. The van der Waals surface area contributed by atoms with Gasteiger partial charge in [-0.3, -0.25) is 14.4 Å². The van der Waals surface area contributed by atoms with E-state index in [2.05, 4.69) is 24.0 Å². The van der Waals surface area contributed by atoms with Crippen molar-refractivity contribution in [3.05, 3.63) is 52.3 Å². The van der Waals surface area contributed by atoms with Gasteiger partial charge in [0.25, 0.3) is 5.91 Å². The summed E-state index contributed by atoms with van der Waals surface area (Å²) < 4.78 is 1.99. The van der Waals surface area contributed by atoms with Gasteiger partial charge >= 0.3 is 0 Å². The van der Waals surface area contributed by atoms with E-state index in [-0.39, 0.29) is 5.91 Å². The molecular weight excluding hydrogens is 324 g/mol. The average molecular weight is 352 g/mol. The van der Waals surface area contributed by atoms with E-state index in [1.54, 1.807) is 0 Å². The molecule has 2 aliphatic heterocycles. The van der Waals surface area contributed by atoms with Gasteiger partial charge in [0.15, 0.2) is 0 Å². The van der Waals surface area contributed by atoms with Crippen molar-refractivity contribution < 1.29 is 4.79 Å². The Labute approximate surface area is 155 Å². The fourth-order valence-electron chi connectivity index (χ4n) is 4.18. The highest BCUT2D eigenvalue weighted by Crippen LogP contribution is 2.25. The molecule has 1 fully saturated rings. The first-order valence-corrected chi connectivity index (χ1v) is 9.80. The van der Waals surface area contributed by atoms with Crippen LogP contribution in [0.4, 0.5) is 0 Å². The zero-order valence-electron chi connectivity index (χ0n) is 15.9. The summed E-state index contributed by atoms with van der Waals surface area (Å²) in [6, 6.07) is 8.03. The van der Waals surface area contributed by atoms with E-state index in [1.165, 1.54) is 48.4 Å². The molecule has 5 heteroatoms. The normalized spacial score (nSPS) is 17.5. The second-order valence-electron chi connectivity index (χ2n) is 7.51. The maximum absolute atomic E-state index is 12.9. The molecule has 2 aromatic rings. The topological polar surface area (TPSA) is 41.4 Å². The van der Waals surface area contributed by atoms with Gasteiger partial charge in [-0.2, -0.15) is 5.10 Å². The van der Waals surface area contributed by atoms with Gasteiger partial charge in [0.2, 0.25) is 0 Å². The molecule has 4 rings (SSSR count). The number of amides is 1. The van der Waals surface area contributed by atoms with Crippen LogP contribution in [-0.2, 0) is 33.0 Å². The largest absolute Gasteiger partial charge is 0.332 e. The van der Waals surface area contributed by atoms with E-state index in [4.69, 9.17) is 5.10 Å². The second-order valence-corrected chi connectivity index (χ2v) is 7.51. The molecule has 5 nitrogen and oxygen atoms in total. The standard InChI is InChI=1S/C21H28N4O/c1-3-16-6-8-17(9-7-16)21(26)25-13-10-18-19(14-24-11-4-5-12-24)22-23(2)20(18)15-25/h6-9H,3-5,10-15H2,1-2H3. The van der Waals surface area contributed by atoms with E-state index in [1.807, 2.05) is 28.8 Å². The van der Waals surface area contributed by atoms with Gasteiger partial charge in [-0.1, -0.05) is 19.1 Å². The van der Waals surface area contributed by atoms with Crippen molar-refractivity contribution in [3.63, 3.8) is 0 Å². The number of fused-ring (bicyclic) bond motifs is 1. The Morgan fingerprint density at radius 2 is 1.85 bits per heavy atom. The Balaban J connectivity index is 1.50. The summed E-state index contributed by atoms with van der Waals surface area (Å²) in [5.41, 5.74) is 5.82. The molecule has 3 heterocycles. The minimum atomic E-state index is 0.126. The summed E-state index contributed by atoms with van der Waals surface area (Å²) in [7, 11) is 2.01. The Morgan fingerprint density at radius 1 is 1.12 bits per heavy atom. The van der Waals surface area contributed by atoms with Gasteiger partial charge < -0.3 is 4.90 Å². The highest BCUT2D eigenvalue weighted by Gasteiger charge is 2.28. The predicted molar refractivity (Wildman–Crippen MR) is 102 cm³/mol. The van der Waals surface area contributed by atoms with Crippen molar-refractivity contribution in [2.75, 3.05) is 19.6 Å². The molecule has 1 amide bonds. The fraction of sp³-hybridized carbons (Fsp3) is 0.524. The van der Waals surface area contributed by atoms with Gasteiger partial charge in [0.1, 0.15) is 0 Å². The van der Waals surface area contributed by atoms with Crippen LogP contribution in [0.15, 0.2) is 24.3 Å². The first-order chi connectivity index (χ1) is 12.7. The maximum Gasteiger partial charge on any atom is 0.254 e. The van der Waals surface area contributed by atoms with Gasteiger partial charge in [-0.15, -0.1) is 0 Å². The number of carbonyl (C=O) groups is 1. The van der Waals surface area contributed by atoms with E-state index in [9.17, 15) is 4.79 Å². The number of likely N-dealkylation sites (tertiary alicyclic amines) is 1. The predicted octanol–water partition coefficient (Wildman–Crippen LogP) is 2.78. The maximum atomic E-state index is 12.9. The van der Waals surface area contributed by atoms with Gasteiger partial charge in [-0.05, 0) is 56.5 Å². The number of aryl methyl sites for hydroxylation is 2. The minimum Gasteiger partial charge on any atom is -0.332 e. The summed E-state index contributed by atoms with van der Waals surface area (Å²) in [5, 5.41) is 4.78. The molecule has 1 aromatic carbocycles. The number of carbonyl (C=O) groups excluding carboxylic acids is 1. The monoisotopic (exact) mass is 352 g/mol. The lowest BCUT2D eigenvalue weighted by atomic mass is 10.0. The van der Waals surface area contributed by atoms with Crippen molar-refractivity contribution in [1.29, 1.82) is 0 Å². The Hall–Kier alpha value is -2.14. The van der Waals surface area contributed by atoms with Crippen molar-refractivity contribution >= 4 is 5.91 Å². The fourth-order valence-corrected chi connectivity index (χ4v) is 4.18. The van der Waals surface area contributed by atoms with Crippen LogP contribution >= 0.6 is 0 Å². The Morgan fingerprint density at radius 3 is 2.54 bits per heavy atom. The van der Waals surface area contributed by atoms with Crippen molar-refractivity contribution in [2.24, 2.45) is 7.05 Å². The summed E-state index contributed by atoms with van der Waals surface area (Å²) in [6.45, 7) is 6.89. The molecule has 1 saturated heterocycles. The van der Waals surface area contributed by atoms with Crippen LogP contribution in [0.2, 0.25) is 0 Å². The van der Waals surface area contributed by atoms with Gasteiger partial charge in [0.05, 0.1) is 17.9 Å². The molecular formula is C21H28N4O. The van der Waals surface area contributed by atoms with Gasteiger partial charge in [-0.25, -0.2) is 0 Å².